The number of aromatic nitrogens is 1. The summed E-state index contributed by atoms with van der Waals surface area (Å²) in [5.41, 5.74) is 8.58. The molecular weight excluding hydrogens is 188 g/mol. The van der Waals surface area contributed by atoms with Crippen LogP contribution in [-0.4, -0.2) is 18.1 Å². The highest BCUT2D eigenvalue weighted by Gasteiger charge is 2.06. The molecule has 1 aromatic heterocycles. The Kier molecular flexibility index (Phi) is 4.07. The van der Waals surface area contributed by atoms with Crippen LogP contribution in [0, 0.1) is 25.2 Å². The van der Waals surface area contributed by atoms with Crippen LogP contribution in [0.4, 0.5) is 5.69 Å². The molecule has 0 aliphatic heterocycles. The Hall–Kier alpha value is -1.60. The van der Waals surface area contributed by atoms with Crippen molar-refractivity contribution in [2.24, 2.45) is 5.73 Å². The molecule has 0 spiro atoms. The Morgan fingerprint density at radius 1 is 1.53 bits per heavy atom. The van der Waals surface area contributed by atoms with Crippen LogP contribution in [0.15, 0.2) is 6.07 Å². The number of hydrogen-bond acceptors (Lipinski definition) is 4. The molecule has 0 radical (unpaired) electrons. The van der Waals surface area contributed by atoms with Crippen molar-refractivity contribution in [1.82, 2.24) is 4.98 Å². The molecule has 4 nitrogen and oxygen atoms in total. The smallest absolute Gasteiger partial charge is 0.103 e. The molecule has 3 N–H and O–H groups in total. The van der Waals surface area contributed by atoms with Crippen LogP contribution in [0.25, 0.3) is 0 Å². The van der Waals surface area contributed by atoms with Crippen molar-refractivity contribution in [3.63, 3.8) is 0 Å². The van der Waals surface area contributed by atoms with Gasteiger partial charge >= 0.3 is 0 Å². The molecule has 0 saturated carbocycles. The number of anilines is 1. The van der Waals surface area contributed by atoms with Crippen LogP contribution in [0.5, 0.6) is 0 Å². The summed E-state index contributed by atoms with van der Waals surface area (Å²) in [5, 5.41) is 12.2. The van der Waals surface area contributed by atoms with E-state index in [0.717, 1.165) is 30.0 Å². The van der Waals surface area contributed by atoms with Crippen molar-refractivity contribution in [3.05, 3.63) is 23.0 Å². The highest BCUT2D eigenvalue weighted by Crippen LogP contribution is 2.18. The number of nitrogens with zero attached hydrogens (tertiary/aromatic N) is 2. The van der Waals surface area contributed by atoms with E-state index in [1.54, 1.807) is 0 Å². The van der Waals surface area contributed by atoms with Crippen molar-refractivity contribution in [2.75, 3.05) is 18.4 Å². The van der Waals surface area contributed by atoms with Gasteiger partial charge in [0.2, 0.25) is 0 Å². The van der Waals surface area contributed by atoms with Gasteiger partial charge in [-0.15, -0.1) is 0 Å². The molecule has 0 bridgehead atoms. The zero-order chi connectivity index (χ0) is 11.3. The summed E-state index contributed by atoms with van der Waals surface area (Å²) in [6.45, 7) is 5.20. The van der Waals surface area contributed by atoms with Crippen molar-refractivity contribution < 1.29 is 0 Å². The monoisotopic (exact) mass is 204 g/mol. The normalized spacial score (nSPS) is 9.73. The van der Waals surface area contributed by atoms with E-state index in [-0.39, 0.29) is 0 Å². The van der Waals surface area contributed by atoms with E-state index in [2.05, 4.69) is 16.4 Å². The fourth-order valence-corrected chi connectivity index (χ4v) is 1.43. The lowest BCUT2D eigenvalue weighted by atomic mass is 10.1. The van der Waals surface area contributed by atoms with Gasteiger partial charge in [0.1, 0.15) is 6.07 Å². The molecule has 1 heterocycles. The summed E-state index contributed by atoms with van der Waals surface area (Å²) in [6.07, 6.45) is 0.894. The Balaban J connectivity index is 2.90. The zero-order valence-corrected chi connectivity index (χ0v) is 9.17. The number of nitrogens with one attached hydrogen (secondary N) is 1. The Morgan fingerprint density at radius 3 is 2.87 bits per heavy atom. The minimum Gasteiger partial charge on any atom is -0.384 e. The van der Waals surface area contributed by atoms with Crippen LogP contribution < -0.4 is 11.1 Å². The Morgan fingerprint density at radius 2 is 2.27 bits per heavy atom. The van der Waals surface area contributed by atoms with Crippen molar-refractivity contribution >= 4 is 5.69 Å². The van der Waals surface area contributed by atoms with Crippen LogP contribution in [0.2, 0.25) is 0 Å². The third kappa shape index (κ3) is 2.93. The largest absolute Gasteiger partial charge is 0.384 e. The van der Waals surface area contributed by atoms with Gasteiger partial charge in [-0.2, -0.15) is 5.26 Å². The Bertz CT molecular complexity index is 379. The highest BCUT2D eigenvalue weighted by atomic mass is 14.9. The van der Waals surface area contributed by atoms with Crippen LogP contribution in [-0.2, 0) is 0 Å². The van der Waals surface area contributed by atoms with Crippen LogP contribution in [0.1, 0.15) is 23.4 Å². The van der Waals surface area contributed by atoms with Gasteiger partial charge in [-0.05, 0) is 32.9 Å². The summed E-state index contributed by atoms with van der Waals surface area (Å²) >= 11 is 0. The molecule has 80 valence electrons. The lowest BCUT2D eigenvalue weighted by molar-refractivity contribution is 0.873. The molecule has 0 aromatic carbocycles. The number of pyridine rings is 1. The van der Waals surface area contributed by atoms with E-state index >= 15 is 0 Å². The van der Waals surface area contributed by atoms with Crippen molar-refractivity contribution in [3.8, 4) is 6.07 Å². The topological polar surface area (TPSA) is 74.7 Å². The second-order valence-corrected chi connectivity index (χ2v) is 3.45. The maximum atomic E-state index is 8.99. The highest BCUT2D eigenvalue weighted by molar-refractivity contribution is 5.59. The molecule has 1 aromatic rings. The number of aryl methyl sites for hydroxylation is 2. The minimum atomic E-state index is 0.623. The predicted octanol–water partition coefficient (Wildman–Crippen LogP) is 1.33. The molecular formula is C11H16N4. The van der Waals surface area contributed by atoms with Crippen molar-refractivity contribution in [1.29, 1.82) is 5.26 Å². The summed E-state index contributed by atoms with van der Waals surface area (Å²) in [5.74, 6) is 0. The SMILES string of the molecule is Cc1cc(NCCCN)c(C#N)c(C)n1. The summed E-state index contributed by atoms with van der Waals surface area (Å²) < 4.78 is 0. The first-order valence-electron chi connectivity index (χ1n) is 5.01. The molecule has 4 heteroatoms. The predicted molar refractivity (Wildman–Crippen MR) is 60.6 cm³/mol. The fourth-order valence-electron chi connectivity index (χ4n) is 1.43. The third-order valence-electron chi connectivity index (χ3n) is 2.14. The average Bonchev–Trinajstić information content (AvgIpc) is 2.17. The molecule has 0 aliphatic carbocycles. The molecule has 15 heavy (non-hydrogen) atoms. The van der Waals surface area contributed by atoms with Crippen LogP contribution in [0.3, 0.4) is 0 Å². The van der Waals surface area contributed by atoms with Gasteiger partial charge in [0.15, 0.2) is 0 Å². The molecule has 0 aliphatic rings. The van der Waals surface area contributed by atoms with Gasteiger partial charge in [-0.3, -0.25) is 4.98 Å². The van der Waals surface area contributed by atoms with E-state index in [9.17, 15) is 0 Å². The maximum absolute atomic E-state index is 8.99. The molecule has 0 fully saturated rings. The lowest BCUT2D eigenvalue weighted by Gasteiger charge is -2.10. The maximum Gasteiger partial charge on any atom is 0.103 e. The van der Waals surface area contributed by atoms with Gasteiger partial charge < -0.3 is 11.1 Å². The fraction of sp³-hybridized carbons (Fsp3) is 0.455. The number of hydrogen-bond donors (Lipinski definition) is 2. The van der Waals surface area contributed by atoms with Gasteiger partial charge in [0, 0.05) is 12.2 Å². The van der Waals surface area contributed by atoms with Gasteiger partial charge in [-0.1, -0.05) is 0 Å². The van der Waals surface area contributed by atoms with E-state index in [1.165, 1.54) is 0 Å². The van der Waals surface area contributed by atoms with Crippen molar-refractivity contribution in [2.45, 2.75) is 20.3 Å². The number of nitriles is 1. The summed E-state index contributed by atoms with van der Waals surface area (Å²) in [6, 6.07) is 4.05. The average molecular weight is 204 g/mol. The summed E-state index contributed by atoms with van der Waals surface area (Å²) in [4.78, 5) is 4.25. The summed E-state index contributed by atoms with van der Waals surface area (Å²) in [7, 11) is 0. The quantitative estimate of drug-likeness (QED) is 0.725. The van der Waals surface area contributed by atoms with Gasteiger partial charge in [-0.25, -0.2) is 0 Å². The second kappa shape index (κ2) is 5.32. The van der Waals surface area contributed by atoms with E-state index in [1.807, 2.05) is 19.9 Å². The minimum absolute atomic E-state index is 0.623. The third-order valence-corrected chi connectivity index (χ3v) is 2.14. The molecule has 1 rings (SSSR count). The first-order chi connectivity index (χ1) is 7.19. The van der Waals surface area contributed by atoms with E-state index in [4.69, 9.17) is 11.0 Å². The zero-order valence-electron chi connectivity index (χ0n) is 9.17. The number of rotatable bonds is 4. The van der Waals surface area contributed by atoms with Gasteiger partial charge in [0.05, 0.1) is 16.9 Å². The first-order valence-corrected chi connectivity index (χ1v) is 5.01. The van der Waals surface area contributed by atoms with E-state index in [0.29, 0.717) is 12.1 Å². The standard InChI is InChI=1S/C11H16N4/c1-8-6-11(14-5-3-4-12)10(7-13)9(2)15-8/h6H,3-5,12H2,1-2H3,(H,14,15). The molecule has 0 atom stereocenters. The molecule has 0 unspecified atom stereocenters. The second-order valence-electron chi connectivity index (χ2n) is 3.45. The molecule has 0 amide bonds. The molecule has 0 saturated heterocycles. The number of nitrogens with two attached hydrogens (primary N) is 1. The lowest BCUT2D eigenvalue weighted by Crippen LogP contribution is -2.10. The first kappa shape index (κ1) is 11.5. The van der Waals surface area contributed by atoms with Crippen LogP contribution >= 0.6 is 0 Å². The van der Waals surface area contributed by atoms with Gasteiger partial charge in [0.25, 0.3) is 0 Å². The Labute approximate surface area is 90.1 Å². The van der Waals surface area contributed by atoms with E-state index < -0.39 is 0 Å².